The van der Waals surface area contributed by atoms with Crippen LogP contribution in [0.1, 0.15) is 25.3 Å². The van der Waals surface area contributed by atoms with E-state index in [9.17, 15) is 4.79 Å². The summed E-state index contributed by atoms with van der Waals surface area (Å²) in [6.45, 7) is 6.09. The zero-order valence-electron chi connectivity index (χ0n) is 12.7. The van der Waals surface area contributed by atoms with Gasteiger partial charge in [0.25, 0.3) is 0 Å². The van der Waals surface area contributed by atoms with Gasteiger partial charge in [-0.05, 0) is 38.5 Å². The minimum atomic E-state index is 0.0872. The van der Waals surface area contributed by atoms with E-state index in [1.165, 1.54) is 5.56 Å². The van der Waals surface area contributed by atoms with E-state index in [1.54, 1.807) is 0 Å². The fraction of sp³-hybridized carbons (Fsp3) is 0.562. The number of hydrogen-bond donors (Lipinski definition) is 2. The summed E-state index contributed by atoms with van der Waals surface area (Å²) in [5, 5.41) is 6.03. The van der Waals surface area contributed by atoms with E-state index in [2.05, 4.69) is 53.8 Å². The second-order valence-corrected chi connectivity index (χ2v) is 5.10. The van der Waals surface area contributed by atoms with Gasteiger partial charge >= 0.3 is 0 Å². The van der Waals surface area contributed by atoms with E-state index in [1.807, 2.05) is 6.07 Å². The van der Waals surface area contributed by atoms with Crippen LogP contribution >= 0.6 is 0 Å². The summed E-state index contributed by atoms with van der Waals surface area (Å²) in [5.41, 5.74) is 1.32. The van der Waals surface area contributed by atoms with Crippen molar-refractivity contribution in [2.24, 2.45) is 0 Å². The first-order valence-corrected chi connectivity index (χ1v) is 7.42. The number of nitrogens with zero attached hydrogens (tertiary/aromatic N) is 1. The third-order valence-corrected chi connectivity index (χ3v) is 3.05. The molecule has 0 atom stereocenters. The molecule has 0 aromatic heterocycles. The monoisotopic (exact) mass is 277 g/mol. The second-order valence-electron chi connectivity index (χ2n) is 5.10. The highest BCUT2D eigenvalue weighted by Gasteiger charge is 2.01. The number of rotatable bonds is 10. The maximum absolute atomic E-state index is 11.5. The smallest absolute Gasteiger partial charge is 0.233 e. The molecule has 0 aliphatic rings. The number of nitrogens with one attached hydrogen (secondary N) is 2. The van der Waals surface area contributed by atoms with Crippen LogP contribution in [0.4, 0.5) is 0 Å². The van der Waals surface area contributed by atoms with Crippen LogP contribution in [0.15, 0.2) is 30.3 Å². The van der Waals surface area contributed by atoms with Crippen LogP contribution in [0.3, 0.4) is 0 Å². The SMILES string of the molecule is CCCNCC(=O)NCCCN(C)Cc1ccccc1. The number of amides is 1. The molecule has 0 saturated heterocycles. The van der Waals surface area contributed by atoms with E-state index >= 15 is 0 Å². The fourth-order valence-corrected chi connectivity index (χ4v) is 1.99. The quantitative estimate of drug-likeness (QED) is 0.639. The molecule has 1 aromatic carbocycles. The molecule has 0 aliphatic carbocycles. The van der Waals surface area contributed by atoms with Gasteiger partial charge in [-0.3, -0.25) is 4.79 Å². The van der Waals surface area contributed by atoms with Crippen molar-refractivity contribution in [3.8, 4) is 0 Å². The summed E-state index contributed by atoms with van der Waals surface area (Å²) < 4.78 is 0. The van der Waals surface area contributed by atoms with Gasteiger partial charge in [0.2, 0.25) is 5.91 Å². The van der Waals surface area contributed by atoms with Crippen LogP contribution in [0, 0.1) is 0 Å². The van der Waals surface area contributed by atoms with Gasteiger partial charge in [0, 0.05) is 13.1 Å². The Bertz CT molecular complexity index is 367. The third kappa shape index (κ3) is 7.92. The molecule has 1 aromatic rings. The summed E-state index contributed by atoms with van der Waals surface area (Å²) in [6.07, 6.45) is 2.03. The van der Waals surface area contributed by atoms with Crippen molar-refractivity contribution < 1.29 is 4.79 Å². The predicted molar refractivity (Wildman–Crippen MR) is 83.6 cm³/mol. The van der Waals surface area contributed by atoms with E-state index in [0.717, 1.165) is 39.0 Å². The van der Waals surface area contributed by atoms with E-state index in [-0.39, 0.29) is 5.91 Å². The minimum Gasteiger partial charge on any atom is -0.355 e. The molecular weight excluding hydrogens is 250 g/mol. The molecule has 0 radical (unpaired) electrons. The van der Waals surface area contributed by atoms with Gasteiger partial charge < -0.3 is 15.5 Å². The van der Waals surface area contributed by atoms with Crippen LogP contribution in [-0.4, -0.2) is 44.0 Å². The molecule has 1 amide bonds. The number of hydrogen-bond acceptors (Lipinski definition) is 3. The van der Waals surface area contributed by atoms with E-state index < -0.39 is 0 Å². The Kier molecular flexibility index (Phi) is 8.67. The van der Waals surface area contributed by atoms with Crippen molar-refractivity contribution in [2.45, 2.75) is 26.3 Å². The molecule has 0 bridgehead atoms. The Hall–Kier alpha value is -1.39. The number of carbonyl (C=O) groups excluding carboxylic acids is 1. The lowest BCUT2D eigenvalue weighted by Gasteiger charge is -2.16. The molecule has 0 saturated carbocycles. The summed E-state index contributed by atoms with van der Waals surface area (Å²) in [5.74, 6) is 0.0872. The van der Waals surface area contributed by atoms with Crippen molar-refractivity contribution in [1.29, 1.82) is 0 Å². The van der Waals surface area contributed by atoms with Gasteiger partial charge in [0.1, 0.15) is 0 Å². The van der Waals surface area contributed by atoms with Gasteiger partial charge in [-0.1, -0.05) is 37.3 Å². The third-order valence-electron chi connectivity index (χ3n) is 3.05. The zero-order chi connectivity index (χ0) is 14.6. The molecule has 0 heterocycles. The molecule has 0 fully saturated rings. The van der Waals surface area contributed by atoms with Crippen molar-refractivity contribution in [1.82, 2.24) is 15.5 Å². The molecule has 4 heteroatoms. The fourth-order valence-electron chi connectivity index (χ4n) is 1.99. The molecule has 1 rings (SSSR count). The Morgan fingerprint density at radius 2 is 1.95 bits per heavy atom. The minimum absolute atomic E-state index is 0.0872. The number of benzene rings is 1. The average molecular weight is 277 g/mol. The lowest BCUT2D eigenvalue weighted by Crippen LogP contribution is -2.35. The van der Waals surface area contributed by atoms with Crippen LogP contribution < -0.4 is 10.6 Å². The van der Waals surface area contributed by atoms with Crippen molar-refractivity contribution in [2.75, 3.05) is 33.2 Å². The van der Waals surface area contributed by atoms with Gasteiger partial charge in [0.05, 0.1) is 6.54 Å². The molecule has 0 unspecified atom stereocenters. The van der Waals surface area contributed by atoms with Crippen LogP contribution in [0.2, 0.25) is 0 Å². The molecule has 20 heavy (non-hydrogen) atoms. The molecule has 0 spiro atoms. The van der Waals surface area contributed by atoms with Gasteiger partial charge in [-0.15, -0.1) is 0 Å². The Morgan fingerprint density at radius 1 is 1.20 bits per heavy atom. The van der Waals surface area contributed by atoms with Crippen LogP contribution in [-0.2, 0) is 11.3 Å². The lowest BCUT2D eigenvalue weighted by molar-refractivity contribution is -0.120. The summed E-state index contributed by atoms with van der Waals surface area (Å²) in [7, 11) is 2.11. The Morgan fingerprint density at radius 3 is 2.65 bits per heavy atom. The van der Waals surface area contributed by atoms with Crippen molar-refractivity contribution >= 4 is 5.91 Å². The zero-order valence-corrected chi connectivity index (χ0v) is 12.7. The summed E-state index contributed by atoms with van der Waals surface area (Å²) in [6, 6.07) is 10.4. The highest BCUT2D eigenvalue weighted by molar-refractivity contribution is 5.77. The first kappa shape index (κ1) is 16.7. The Balaban J connectivity index is 2.04. The van der Waals surface area contributed by atoms with Crippen molar-refractivity contribution in [3.05, 3.63) is 35.9 Å². The lowest BCUT2D eigenvalue weighted by atomic mass is 10.2. The average Bonchev–Trinajstić information content (AvgIpc) is 2.45. The maximum atomic E-state index is 11.5. The molecule has 112 valence electrons. The first-order valence-electron chi connectivity index (χ1n) is 7.42. The largest absolute Gasteiger partial charge is 0.355 e. The van der Waals surface area contributed by atoms with Gasteiger partial charge in [0.15, 0.2) is 0 Å². The Labute approximate surface area is 122 Å². The van der Waals surface area contributed by atoms with E-state index in [4.69, 9.17) is 0 Å². The highest BCUT2D eigenvalue weighted by Crippen LogP contribution is 2.02. The summed E-state index contributed by atoms with van der Waals surface area (Å²) in [4.78, 5) is 13.7. The standard InChI is InChI=1S/C16H27N3O/c1-3-10-17-13-16(20)18-11-7-12-19(2)14-15-8-5-4-6-9-15/h4-6,8-9,17H,3,7,10-14H2,1-2H3,(H,18,20). The van der Waals surface area contributed by atoms with Crippen LogP contribution in [0.25, 0.3) is 0 Å². The van der Waals surface area contributed by atoms with Crippen molar-refractivity contribution in [3.63, 3.8) is 0 Å². The van der Waals surface area contributed by atoms with Gasteiger partial charge in [-0.2, -0.15) is 0 Å². The first-order chi connectivity index (χ1) is 9.72. The van der Waals surface area contributed by atoms with Gasteiger partial charge in [-0.25, -0.2) is 0 Å². The van der Waals surface area contributed by atoms with E-state index in [0.29, 0.717) is 6.54 Å². The molecular formula is C16H27N3O. The normalized spacial score (nSPS) is 10.8. The van der Waals surface area contributed by atoms with Crippen LogP contribution in [0.5, 0.6) is 0 Å². The maximum Gasteiger partial charge on any atom is 0.233 e. The summed E-state index contributed by atoms with van der Waals surface area (Å²) >= 11 is 0. The second kappa shape index (κ2) is 10.4. The molecule has 2 N–H and O–H groups in total. The molecule has 0 aliphatic heterocycles. The highest BCUT2D eigenvalue weighted by atomic mass is 16.1. The predicted octanol–water partition coefficient (Wildman–Crippen LogP) is 1.62. The molecule has 4 nitrogen and oxygen atoms in total. The number of carbonyl (C=O) groups is 1. The topological polar surface area (TPSA) is 44.4 Å².